The molecule has 1 aromatic carbocycles. The van der Waals surface area contributed by atoms with Crippen molar-refractivity contribution >= 4 is 17.6 Å². The molecule has 28 heavy (non-hydrogen) atoms. The highest BCUT2D eigenvalue weighted by Gasteiger charge is 2.31. The molecule has 7 heteroatoms. The van der Waals surface area contributed by atoms with Crippen LogP contribution in [-0.2, 0) is 4.79 Å². The molecule has 1 atom stereocenters. The molecule has 0 aliphatic heterocycles. The van der Waals surface area contributed by atoms with Crippen LogP contribution in [0.25, 0.3) is 11.3 Å². The summed E-state index contributed by atoms with van der Waals surface area (Å²) in [6.45, 7) is 3.97. The molecule has 3 N–H and O–H groups in total. The fraction of sp³-hybridized carbons (Fsp3) is 0.476. The molecular formula is C21H26N4O3. The number of hydrogen-bond donors (Lipinski definition) is 3. The number of nitrogens with one attached hydrogen (secondary N) is 2. The van der Waals surface area contributed by atoms with E-state index in [9.17, 15) is 14.7 Å². The van der Waals surface area contributed by atoms with E-state index in [1.54, 1.807) is 12.1 Å². The van der Waals surface area contributed by atoms with Crippen molar-refractivity contribution < 1.29 is 14.7 Å². The number of amides is 2. The zero-order chi connectivity index (χ0) is 19.8. The molecule has 2 amide bonds. The molecule has 2 aliphatic rings. The average Bonchev–Trinajstić information content (AvgIpc) is 3.58. The van der Waals surface area contributed by atoms with Crippen molar-refractivity contribution in [2.45, 2.75) is 57.9 Å². The largest absolute Gasteiger partial charge is 0.507 e. The van der Waals surface area contributed by atoms with E-state index in [1.807, 2.05) is 19.9 Å². The molecule has 0 saturated heterocycles. The highest BCUT2D eigenvalue weighted by Crippen LogP contribution is 2.42. The number of nitrogens with zero attached hydrogens (tertiary/aromatic N) is 2. The second kappa shape index (κ2) is 7.30. The Kier molecular flexibility index (Phi) is 4.83. The summed E-state index contributed by atoms with van der Waals surface area (Å²) in [5, 5.41) is 20.7. The van der Waals surface area contributed by atoms with Gasteiger partial charge >= 0.3 is 6.03 Å². The predicted molar refractivity (Wildman–Crippen MR) is 106 cm³/mol. The number of phenols is 1. The molecule has 2 saturated carbocycles. The number of carbonyl (C=O) groups excluding carboxylic acids is 2. The van der Waals surface area contributed by atoms with Gasteiger partial charge in [-0.25, -0.2) is 4.79 Å². The number of phenolic OH excluding ortho intramolecular Hbond substituents is 1. The summed E-state index contributed by atoms with van der Waals surface area (Å²) in [6.07, 6.45) is 4.78. The Morgan fingerprint density at radius 2 is 2.00 bits per heavy atom. The van der Waals surface area contributed by atoms with Crippen LogP contribution >= 0.6 is 0 Å². The maximum absolute atomic E-state index is 12.6. The second-order valence-corrected chi connectivity index (χ2v) is 7.89. The summed E-state index contributed by atoms with van der Waals surface area (Å²) in [6, 6.07) is 6.72. The predicted octanol–water partition coefficient (Wildman–Crippen LogP) is 3.84. The van der Waals surface area contributed by atoms with Crippen molar-refractivity contribution in [2.24, 2.45) is 5.92 Å². The van der Waals surface area contributed by atoms with Gasteiger partial charge in [0.2, 0.25) is 5.91 Å². The number of carbonyl (C=O) groups is 2. The smallest absolute Gasteiger partial charge is 0.342 e. The van der Waals surface area contributed by atoms with Gasteiger partial charge in [0, 0.05) is 35.2 Å². The van der Waals surface area contributed by atoms with Crippen LogP contribution in [-0.4, -0.2) is 32.9 Å². The van der Waals surface area contributed by atoms with E-state index in [1.165, 1.54) is 10.7 Å². The van der Waals surface area contributed by atoms with Gasteiger partial charge in [-0.05, 0) is 57.2 Å². The van der Waals surface area contributed by atoms with E-state index in [-0.39, 0.29) is 29.6 Å². The van der Waals surface area contributed by atoms with Crippen LogP contribution in [0.4, 0.5) is 10.5 Å². The average molecular weight is 382 g/mol. The lowest BCUT2D eigenvalue weighted by Crippen LogP contribution is -2.36. The lowest BCUT2D eigenvalue weighted by atomic mass is 10.1. The van der Waals surface area contributed by atoms with Crippen molar-refractivity contribution in [3.05, 3.63) is 30.0 Å². The Labute approximate surface area is 164 Å². The van der Waals surface area contributed by atoms with Gasteiger partial charge in [0.25, 0.3) is 0 Å². The number of aromatic hydroxyl groups is 1. The van der Waals surface area contributed by atoms with Crippen molar-refractivity contribution in [2.75, 3.05) is 5.32 Å². The van der Waals surface area contributed by atoms with E-state index >= 15 is 0 Å². The third-order valence-electron chi connectivity index (χ3n) is 5.40. The minimum absolute atomic E-state index is 0.00540. The lowest BCUT2D eigenvalue weighted by Gasteiger charge is -2.12. The zero-order valence-corrected chi connectivity index (χ0v) is 16.2. The highest BCUT2D eigenvalue weighted by molar-refractivity contribution is 5.94. The molecule has 2 aromatic rings. The quantitative estimate of drug-likeness (QED) is 0.707. The van der Waals surface area contributed by atoms with Gasteiger partial charge in [-0.15, -0.1) is 0 Å². The molecule has 0 bridgehead atoms. The van der Waals surface area contributed by atoms with Crippen LogP contribution in [0.3, 0.4) is 0 Å². The fourth-order valence-electron chi connectivity index (χ4n) is 3.15. The van der Waals surface area contributed by atoms with E-state index in [0.29, 0.717) is 22.9 Å². The Morgan fingerprint density at radius 3 is 2.61 bits per heavy atom. The molecule has 1 heterocycles. The first-order valence-electron chi connectivity index (χ1n) is 10.0. The monoisotopic (exact) mass is 382 g/mol. The first-order chi connectivity index (χ1) is 13.5. The second-order valence-electron chi connectivity index (χ2n) is 7.89. The Hall–Kier alpha value is -2.83. The summed E-state index contributed by atoms with van der Waals surface area (Å²) >= 11 is 0. The molecule has 1 unspecified atom stereocenters. The summed E-state index contributed by atoms with van der Waals surface area (Å²) in [5.41, 5.74) is 2.54. The molecule has 0 spiro atoms. The van der Waals surface area contributed by atoms with Crippen LogP contribution in [0.2, 0.25) is 0 Å². The number of benzene rings is 1. The molecular weight excluding hydrogens is 356 g/mol. The van der Waals surface area contributed by atoms with Crippen molar-refractivity contribution in [1.29, 1.82) is 0 Å². The van der Waals surface area contributed by atoms with Gasteiger partial charge in [0.05, 0.1) is 11.4 Å². The van der Waals surface area contributed by atoms with Crippen molar-refractivity contribution in [3.63, 3.8) is 0 Å². The maximum Gasteiger partial charge on any atom is 0.342 e. The van der Waals surface area contributed by atoms with Gasteiger partial charge in [-0.1, -0.05) is 6.92 Å². The fourth-order valence-corrected chi connectivity index (χ4v) is 3.15. The van der Waals surface area contributed by atoms with Gasteiger partial charge in [0.15, 0.2) is 0 Å². The number of anilines is 1. The van der Waals surface area contributed by atoms with Crippen LogP contribution < -0.4 is 10.6 Å². The Morgan fingerprint density at radius 1 is 1.25 bits per heavy atom. The standard InChI is InChI=1S/C21H26N4O3/c1-3-12(2)22-21(28)25-18(13-4-5-13)11-17(24-25)16-9-8-15(10-19(16)26)23-20(27)14-6-7-14/h8-14,26H,3-7H2,1-2H3,(H,22,28)(H,23,27). The van der Waals surface area contributed by atoms with Gasteiger partial charge < -0.3 is 15.7 Å². The third kappa shape index (κ3) is 3.88. The molecule has 2 aliphatic carbocycles. The van der Waals surface area contributed by atoms with Crippen molar-refractivity contribution in [3.8, 4) is 17.0 Å². The van der Waals surface area contributed by atoms with E-state index < -0.39 is 0 Å². The van der Waals surface area contributed by atoms with Gasteiger partial charge in [-0.2, -0.15) is 9.78 Å². The third-order valence-corrected chi connectivity index (χ3v) is 5.40. The topological polar surface area (TPSA) is 96.3 Å². The zero-order valence-electron chi connectivity index (χ0n) is 16.2. The first-order valence-corrected chi connectivity index (χ1v) is 10.0. The van der Waals surface area contributed by atoms with E-state index in [0.717, 1.165) is 37.8 Å². The summed E-state index contributed by atoms with van der Waals surface area (Å²) in [5.74, 6) is 0.461. The van der Waals surface area contributed by atoms with Crippen LogP contribution in [0.1, 0.15) is 57.6 Å². The SMILES string of the molecule is CCC(C)NC(=O)n1nc(-c2ccc(NC(=O)C3CC3)cc2O)cc1C1CC1. The minimum Gasteiger partial charge on any atom is -0.507 e. The highest BCUT2D eigenvalue weighted by atomic mass is 16.3. The first kappa shape index (κ1) is 18.5. The molecule has 2 fully saturated rings. The lowest BCUT2D eigenvalue weighted by molar-refractivity contribution is -0.117. The number of rotatable bonds is 6. The maximum atomic E-state index is 12.6. The summed E-state index contributed by atoms with van der Waals surface area (Å²) in [4.78, 5) is 24.5. The van der Waals surface area contributed by atoms with Gasteiger partial charge in [-0.3, -0.25) is 4.79 Å². The Balaban J connectivity index is 1.59. The van der Waals surface area contributed by atoms with E-state index in [2.05, 4.69) is 15.7 Å². The molecule has 1 aromatic heterocycles. The minimum atomic E-state index is -0.240. The summed E-state index contributed by atoms with van der Waals surface area (Å²) < 4.78 is 1.43. The normalized spacial score (nSPS) is 17.2. The van der Waals surface area contributed by atoms with Crippen molar-refractivity contribution in [1.82, 2.24) is 15.1 Å². The van der Waals surface area contributed by atoms with Crippen LogP contribution in [0.15, 0.2) is 24.3 Å². The molecule has 7 nitrogen and oxygen atoms in total. The van der Waals surface area contributed by atoms with Crippen LogP contribution in [0, 0.1) is 5.92 Å². The molecule has 148 valence electrons. The molecule has 0 radical (unpaired) electrons. The van der Waals surface area contributed by atoms with Gasteiger partial charge in [0.1, 0.15) is 5.75 Å². The number of hydrogen-bond acceptors (Lipinski definition) is 4. The van der Waals surface area contributed by atoms with E-state index in [4.69, 9.17) is 0 Å². The molecule has 4 rings (SSSR count). The number of aromatic nitrogens is 2. The van der Waals surface area contributed by atoms with Crippen LogP contribution in [0.5, 0.6) is 5.75 Å². The Bertz CT molecular complexity index is 912. The summed E-state index contributed by atoms with van der Waals surface area (Å²) in [7, 11) is 0.